The average Bonchev–Trinajstić information content (AvgIpc) is 3.01. The Labute approximate surface area is 157 Å². The van der Waals surface area contributed by atoms with Crippen LogP contribution >= 0.6 is 11.3 Å². The third-order valence-corrected chi connectivity index (χ3v) is 5.72. The van der Waals surface area contributed by atoms with Gasteiger partial charge in [0, 0.05) is 36.0 Å². The number of carbonyl (C=O) groups is 1. The van der Waals surface area contributed by atoms with Crippen molar-refractivity contribution in [2.24, 2.45) is 0 Å². The number of rotatable bonds is 3. The molecule has 2 aromatic heterocycles. The highest BCUT2D eigenvalue weighted by molar-refractivity contribution is 7.15. The summed E-state index contributed by atoms with van der Waals surface area (Å²) in [6.45, 7) is 3.38. The third-order valence-electron chi connectivity index (χ3n) is 4.81. The molecule has 9 heteroatoms. The number of aromatic nitrogens is 2. The number of benzene rings is 1. The van der Waals surface area contributed by atoms with Crippen molar-refractivity contribution in [1.29, 1.82) is 0 Å². The Morgan fingerprint density at radius 3 is 2.93 bits per heavy atom. The summed E-state index contributed by atoms with van der Waals surface area (Å²) < 4.78 is 16.5. The van der Waals surface area contributed by atoms with Crippen molar-refractivity contribution in [3.63, 3.8) is 0 Å². The second-order valence-corrected chi connectivity index (χ2v) is 7.49. The minimum atomic E-state index is -1.32. The number of carboxylic acids is 1. The van der Waals surface area contributed by atoms with Gasteiger partial charge in [0.25, 0.3) is 0 Å². The van der Waals surface area contributed by atoms with E-state index in [1.54, 1.807) is 10.6 Å². The quantitative estimate of drug-likeness (QED) is 0.715. The summed E-state index contributed by atoms with van der Waals surface area (Å²) in [6, 6.07) is 2.76. The zero-order valence-corrected chi connectivity index (χ0v) is 15.3. The molecular weight excluding hydrogens is 371 g/mol. The molecule has 27 heavy (non-hydrogen) atoms. The number of halogens is 1. The van der Waals surface area contributed by atoms with Gasteiger partial charge in [-0.1, -0.05) is 0 Å². The van der Waals surface area contributed by atoms with Crippen molar-refractivity contribution in [2.75, 3.05) is 17.2 Å². The van der Waals surface area contributed by atoms with E-state index in [0.717, 1.165) is 16.6 Å². The molecule has 0 spiro atoms. The fraction of sp³-hybridized carbons (Fsp3) is 0.278. The normalized spacial score (nSPS) is 13.8. The van der Waals surface area contributed by atoms with Crippen LogP contribution in [-0.2, 0) is 19.5 Å². The van der Waals surface area contributed by atoms with Crippen LogP contribution in [0.3, 0.4) is 0 Å². The summed E-state index contributed by atoms with van der Waals surface area (Å²) >= 11 is 1.40. The Hall–Kier alpha value is -2.94. The van der Waals surface area contributed by atoms with Gasteiger partial charge in [0.05, 0.1) is 23.4 Å². The van der Waals surface area contributed by atoms with E-state index in [0.29, 0.717) is 42.4 Å². The van der Waals surface area contributed by atoms with Gasteiger partial charge in [0.15, 0.2) is 5.13 Å². The second-order valence-electron chi connectivity index (χ2n) is 6.38. The lowest BCUT2D eigenvalue weighted by atomic mass is 10.1. The average molecular weight is 388 g/mol. The molecule has 3 heterocycles. The second kappa shape index (κ2) is 6.34. The van der Waals surface area contributed by atoms with E-state index < -0.39 is 17.2 Å². The Morgan fingerprint density at radius 1 is 1.44 bits per heavy atom. The molecule has 1 aliphatic heterocycles. The van der Waals surface area contributed by atoms with Crippen LogP contribution in [0.2, 0.25) is 0 Å². The molecule has 0 aliphatic carbocycles. The lowest BCUT2D eigenvalue weighted by molar-refractivity contribution is 0.0695. The van der Waals surface area contributed by atoms with Crippen LogP contribution in [0.4, 0.5) is 15.2 Å². The van der Waals surface area contributed by atoms with Gasteiger partial charge in [-0.15, -0.1) is 11.3 Å². The van der Waals surface area contributed by atoms with E-state index in [2.05, 4.69) is 4.98 Å². The van der Waals surface area contributed by atoms with Gasteiger partial charge >= 0.3 is 5.97 Å². The first-order chi connectivity index (χ1) is 12.9. The molecule has 0 radical (unpaired) electrons. The summed E-state index contributed by atoms with van der Waals surface area (Å²) in [6.07, 6.45) is 1.98. The largest absolute Gasteiger partial charge is 0.477 e. The highest BCUT2D eigenvalue weighted by atomic mass is 32.1. The monoisotopic (exact) mass is 388 g/mol. The van der Waals surface area contributed by atoms with Crippen LogP contribution in [0.5, 0.6) is 0 Å². The van der Waals surface area contributed by atoms with Gasteiger partial charge in [-0.2, -0.15) is 0 Å². The molecule has 1 aliphatic rings. The molecule has 0 bridgehead atoms. The van der Waals surface area contributed by atoms with Gasteiger partial charge in [-0.25, -0.2) is 14.2 Å². The summed E-state index contributed by atoms with van der Waals surface area (Å²) in [5.74, 6) is -1.87. The predicted molar refractivity (Wildman–Crippen MR) is 102 cm³/mol. The number of hydrogen-bond donors (Lipinski definition) is 2. The van der Waals surface area contributed by atoms with Crippen LogP contribution in [0, 0.1) is 5.82 Å². The Balaban J connectivity index is 1.86. The first-order valence-electron chi connectivity index (χ1n) is 8.48. The number of nitrogen functional groups attached to an aromatic ring is 1. The summed E-state index contributed by atoms with van der Waals surface area (Å²) in [4.78, 5) is 31.0. The van der Waals surface area contributed by atoms with E-state index in [4.69, 9.17) is 5.73 Å². The lowest BCUT2D eigenvalue weighted by Crippen LogP contribution is -2.30. The topological polar surface area (TPSA) is 101 Å². The Bertz CT molecular complexity index is 1140. The number of hydrogen-bond acceptors (Lipinski definition) is 6. The molecule has 0 atom stereocenters. The lowest BCUT2D eigenvalue weighted by Gasteiger charge is -2.29. The fourth-order valence-corrected chi connectivity index (χ4v) is 4.37. The molecule has 0 saturated carbocycles. The zero-order valence-electron chi connectivity index (χ0n) is 14.5. The standard InChI is InChI=1S/C18H17FN4O3S/c1-2-22-7-10(17(25)26)16(24)9-5-11(19)14(6-13(9)22)23-4-3-12-15(8-23)27-18(20)21-12/h5-7H,2-4,8H2,1H3,(H2,20,21)(H,25,26). The van der Waals surface area contributed by atoms with Crippen LogP contribution in [0.1, 0.15) is 27.9 Å². The predicted octanol–water partition coefficient (Wildman–Crippen LogP) is 2.46. The minimum absolute atomic E-state index is 0.0673. The minimum Gasteiger partial charge on any atom is -0.477 e. The van der Waals surface area contributed by atoms with Crippen molar-refractivity contribution in [1.82, 2.24) is 9.55 Å². The molecule has 3 N–H and O–H groups in total. The molecule has 0 unspecified atom stereocenters. The van der Waals surface area contributed by atoms with Crippen molar-refractivity contribution >= 4 is 39.0 Å². The number of nitrogens with two attached hydrogens (primary N) is 1. The first kappa shape index (κ1) is 17.5. The zero-order chi connectivity index (χ0) is 19.3. The smallest absolute Gasteiger partial charge is 0.341 e. The first-order valence-corrected chi connectivity index (χ1v) is 9.29. The molecule has 0 amide bonds. The van der Waals surface area contributed by atoms with Crippen LogP contribution in [0.15, 0.2) is 23.1 Å². The van der Waals surface area contributed by atoms with Gasteiger partial charge in [0.1, 0.15) is 11.4 Å². The molecule has 3 aromatic rings. The molecule has 7 nitrogen and oxygen atoms in total. The van der Waals surface area contributed by atoms with Crippen molar-refractivity contribution in [3.8, 4) is 0 Å². The van der Waals surface area contributed by atoms with Crippen LogP contribution in [-0.4, -0.2) is 27.2 Å². The number of nitrogens with zero attached hydrogens (tertiary/aromatic N) is 3. The van der Waals surface area contributed by atoms with Crippen molar-refractivity contribution in [3.05, 3.63) is 50.5 Å². The van der Waals surface area contributed by atoms with Crippen LogP contribution in [0.25, 0.3) is 10.9 Å². The highest BCUT2D eigenvalue weighted by Gasteiger charge is 2.24. The number of anilines is 2. The maximum Gasteiger partial charge on any atom is 0.341 e. The molecular formula is C18H17FN4O3S. The number of aromatic carboxylic acids is 1. The Kier molecular flexibility index (Phi) is 4.11. The van der Waals surface area contributed by atoms with E-state index >= 15 is 0 Å². The summed E-state index contributed by atoms with van der Waals surface area (Å²) in [5, 5.41) is 9.81. The number of pyridine rings is 1. The SMILES string of the molecule is CCn1cc(C(=O)O)c(=O)c2cc(F)c(N3CCc4nc(N)sc4C3)cc21. The number of thiazole rings is 1. The number of carboxylic acid groups (broad SMARTS) is 1. The Morgan fingerprint density at radius 2 is 2.22 bits per heavy atom. The van der Waals surface area contributed by atoms with Crippen molar-refractivity contribution in [2.45, 2.75) is 26.4 Å². The maximum atomic E-state index is 14.9. The van der Waals surface area contributed by atoms with E-state index in [1.165, 1.54) is 17.5 Å². The van der Waals surface area contributed by atoms with Gasteiger partial charge in [-0.3, -0.25) is 4.79 Å². The highest BCUT2D eigenvalue weighted by Crippen LogP contribution is 2.32. The number of fused-ring (bicyclic) bond motifs is 2. The summed E-state index contributed by atoms with van der Waals surface area (Å²) in [7, 11) is 0. The summed E-state index contributed by atoms with van der Waals surface area (Å²) in [5.41, 5.74) is 6.57. The van der Waals surface area contributed by atoms with Crippen molar-refractivity contribution < 1.29 is 14.3 Å². The number of aryl methyl sites for hydroxylation is 1. The molecule has 0 saturated heterocycles. The van der Waals surface area contributed by atoms with Gasteiger partial charge < -0.3 is 20.3 Å². The molecule has 4 rings (SSSR count). The molecule has 140 valence electrons. The third kappa shape index (κ3) is 2.84. The maximum absolute atomic E-state index is 14.9. The molecule has 0 fully saturated rings. The van der Waals surface area contributed by atoms with E-state index in [9.17, 15) is 19.1 Å². The van der Waals surface area contributed by atoms with E-state index in [-0.39, 0.29) is 10.9 Å². The van der Waals surface area contributed by atoms with E-state index in [1.807, 2.05) is 11.8 Å². The van der Waals surface area contributed by atoms with Gasteiger partial charge in [0.2, 0.25) is 5.43 Å². The fourth-order valence-electron chi connectivity index (χ4n) is 3.48. The van der Waals surface area contributed by atoms with Crippen LogP contribution < -0.4 is 16.1 Å². The molecule has 1 aromatic carbocycles. The van der Waals surface area contributed by atoms with Gasteiger partial charge in [-0.05, 0) is 19.1 Å².